The van der Waals surface area contributed by atoms with Gasteiger partial charge in [-0.15, -0.1) is 0 Å². The van der Waals surface area contributed by atoms with Gasteiger partial charge in [-0.25, -0.2) is 18.4 Å². The van der Waals surface area contributed by atoms with Crippen molar-refractivity contribution in [2.75, 3.05) is 28.8 Å². The number of carbonyl (C=O) groups is 1. The maximum Gasteiger partial charge on any atom is 0.416 e. The van der Waals surface area contributed by atoms with E-state index < -0.39 is 51.2 Å². The van der Waals surface area contributed by atoms with E-state index in [1.165, 1.54) is 4.57 Å². The van der Waals surface area contributed by atoms with E-state index >= 15 is 0 Å². The molecule has 3 aromatic carbocycles. The summed E-state index contributed by atoms with van der Waals surface area (Å²) < 4.78 is 104. The summed E-state index contributed by atoms with van der Waals surface area (Å²) in [6.07, 6.45) is -8.11. The molecule has 0 atom stereocenters. The fourth-order valence-electron chi connectivity index (χ4n) is 4.83. The van der Waals surface area contributed by atoms with E-state index in [4.69, 9.17) is 0 Å². The molecule has 0 bridgehead atoms. The number of fused-ring (bicyclic) bond motifs is 1. The lowest BCUT2D eigenvalue weighted by Gasteiger charge is -2.19. The lowest BCUT2D eigenvalue weighted by atomic mass is 10.0. The minimum Gasteiger partial charge on any atom is -0.329 e. The number of nitrogens with one attached hydrogen (secondary N) is 2. The summed E-state index contributed by atoms with van der Waals surface area (Å²) in [6.45, 7) is 0. The maximum atomic E-state index is 13.2. The van der Waals surface area contributed by atoms with Crippen molar-refractivity contribution in [3.8, 4) is 0 Å². The molecule has 0 fully saturated rings. The van der Waals surface area contributed by atoms with Gasteiger partial charge in [-0.3, -0.25) is 10.1 Å². The Labute approximate surface area is 270 Å². The van der Waals surface area contributed by atoms with Gasteiger partial charge in [0.2, 0.25) is 17.8 Å². The third-order valence-corrected chi connectivity index (χ3v) is 8.00. The third-order valence-electron chi connectivity index (χ3n) is 7.14. The number of aromatic nitrogens is 4. The van der Waals surface area contributed by atoms with Crippen LogP contribution >= 0.6 is 0 Å². The highest BCUT2D eigenvalue weighted by molar-refractivity contribution is 7.89. The van der Waals surface area contributed by atoms with Crippen molar-refractivity contribution in [1.82, 2.24) is 19.5 Å². The number of carbonyl (C=O) groups excluding carboxylic acids is 1. The number of imidazole rings is 1. The van der Waals surface area contributed by atoms with Gasteiger partial charge in [-0.1, -0.05) is 12.1 Å². The molecular formula is C31H27F6N7O3S. The Morgan fingerprint density at radius 1 is 0.875 bits per heavy atom. The van der Waals surface area contributed by atoms with Gasteiger partial charge in [0, 0.05) is 37.9 Å². The average molecular weight is 692 g/mol. The molecule has 0 saturated carbocycles. The molecule has 0 aliphatic heterocycles. The van der Waals surface area contributed by atoms with Crippen molar-refractivity contribution in [3.63, 3.8) is 0 Å². The van der Waals surface area contributed by atoms with Crippen LogP contribution < -0.4 is 15.5 Å². The van der Waals surface area contributed by atoms with E-state index in [2.05, 4.69) is 25.6 Å². The van der Waals surface area contributed by atoms with Crippen molar-refractivity contribution in [1.29, 1.82) is 0 Å². The second-order valence-corrected chi connectivity index (χ2v) is 13.1. The van der Waals surface area contributed by atoms with Gasteiger partial charge in [-0.05, 0) is 65.7 Å². The monoisotopic (exact) mass is 691 g/mol. The lowest BCUT2D eigenvalue weighted by Crippen LogP contribution is -2.18. The second-order valence-electron chi connectivity index (χ2n) is 11.0. The minimum absolute atomic E-state index is 0.00390. The zero-order valence-electron chi connectivity index (χ0n) is 25.5. The SMILES string of the molecule is CN(c1ccc2c(c1)nc(NC(=O)Cc1cc(C(F)(F)F)cc(C(F)(F)F)c1)n2C)c1ccnc(Nc2ccc(CS(C)(=O)=O)cc2)n1. The first-order chi connectivity index (χ1) is 22.4. The molecule has 252 valence electrons. The number of hydrogen-bond acceptors (Lipinski definition) is 8. The molecule has 2 heterocycles. The maximum absolute atomic E-state index is 13.2. The standard InChI is InChI=1S/C31H27F6N7O3S/c1-43(26-10-11-38-28(41-26)39-22-6-4-18(5-7-22)17-48(3,46)47)23-8-9-25-24(16-23)40-29(44(25)2)42-27(45)14-19-12-20(30(32,33)34)15-21(13-19)31(35,36)37/h4-13,15-16H,14,17H2,1-3H3,(H,38,39,41)(H,40,42,45). The molecule has 0 unspecified atom stereocenters. The summed E-state index contributed by atoms with van der Waals surface area (Å²) in [6, 6.07) is 14.7. The summed E-state index contributed by atoms with van der Waals surface area (Å²) in [5.74, 6) is -0.116. The average Bonchev–Trinajstić information content (AvgIpc) is 3.29. The number of alkyl halides is 6. The zero-order chi connectivity index (χ0) is 35.0. The number of aryl methyl sites for hydroxylation is 1. The molecular weight excluding hydrogens is 664 g/mol. The predicted molar refractivity (Wildman–Crippen MR) is 168 cm³/mol. The highest BCUT2D eigenvalue weighted by atomic mass is 32.2. The molecule has 48 heavy (non-hydrogen) atoms. The molecule has 2 N–H and O–H groups in total. The quantitative estimate of drug-likeness (QED) is 0.165. The van der Waals surface area contributed by atoms with E-state index in [1.54, 1.807) is 73.7 Å². The largest absolute Gasteiger partial charge is 0.416 e. The lowest BCUT2D eigenvalue weighted by molar-refractivity contribution is -0.143. The molecule has 10 nitrogen and oxygen atoms in total. The number of anilines is 5. The normalized spacial score (nSPS) is 12.3. The second kappa shape index (κ2) is 12.8. The zero-order valence-corrected chi connectivity index (χ0v) is 26.3. The number of rotatable bonds is 9. The Morgan fingerprint density at radius 2 is 1.52 bits per heavy atom. The van der Waals surface area contributed by atoms with Gasteiger partial charge >= 0.3 is 12.4 Å². The highest BCUT2D eigenvalue weighted by Crippen LogP contribution is 2.36. The van der Waals surface area contributed by atoms with E-state index in [0.717, 1.165) is 6.26 Å². The van der Waals surface area contributed by atoms with Crippen LogP contribution in [0.3, 0.4) is 0 Å². The van der Waals surface area contributed by atoms with E-state index in [1.807, 2.05) is 0 Å². The van der Waals surface area contributed by atoms with E-state index in [-0.39, 0.29) is 23.7 Å². The molecule has 0 saturated heterocycles. The first-order valence-electron chi connectivity index (χ1n) is 14.0. The molecule has 0 aliphatic rings. The van der Waals surface area contributed by atoms with Crippen LogP contribution in [0.25, 0.3) is 11.0 Å². The molecule has 0 radical (unpaired) electrons. The van der Waals surface area contributed by atoms with Crippen molar-refractivity contribution in [3.05, 3.63) is 95.2 Å². The van der Waals surface area contributed by atoms with Gasteiger partial charge in [0.05, 0.1) is 34.3 Å². The van der Waals surface area contributed by atoms with Crippen LogP contribution in [0.2, 0.25) is 0 Å². The smallest absolute Gasteiger partial charge is 0.329 e. The first-order valence-corrected chi connectivity index (χ1v) is 16.1. The van der Waals surface area contributed by atoms with Gasteiger partial charge in [0.1, 0.15) is 5.82 Å². The molecule has 5 aromatic rings. The highest BCUT2D eigenvalue weighted by Gasteiger charge is 2.37. The van der Waals surface area contributed by atoms with Crippen molar-refractivity contribution >= 4 is 55.9 Å². The van der Waals surface area contributed by atoms with Gasteiger partial charge < -0.3 is 14.8 Å². The van der Waals surface area contributed by atoms with Crippen LogP contribution in [0, 0.1) is 0 Å². The Morgan fingerprint density at radius 3 is 2.12 bits per heavy atom. The van der Waals surface area contributed by atoms with Crippen molar-refractivity contribution in [2.45, 2.75) is 24.5 Å². The molecule has 5 rings (SSSR count). The number of amides is 1. The molecule has 1 amide bonds. The summed E-state index contributed by atoms with van der Waals surface area (Å²) in [5.41, 5.74) is -0.511. The number of sulfone groups is 1. The first kappa shape index (κ1) is 34.2. The van der Waals surface area contributed by atoms with Crippen LogP contribution in [-0.2, 0) is 46.2 Å². The summed E-state index contributed by atoms with van der Waals surface area (Å²) in [7, 11) is 0.176. The fourth-order valence-corrected chi connectivity index (χ4v) is 5.63. The van der Waals surface area contributed by atoms with Crippen LogP contribution in [0.1, 0.15) is 22.3 Å². The summed E-state index contributed by atoms with van der Waals surface area (Å²) in [4.78, 5) is 27.7. The van der Waals surface area contributed by atoms with Crippen LogP contribution in [0.15, 0.2) is 72.9 Å². The summed E-state index contributed by atoms with van der Waals surface area (Å²) >= 11 is 0. The number of hydrogen-bond donors (Lipinski definition) is 2. The van der Waals surface area contributed by atoms with Crippen LogP contribution in [0.5, 0.6) is 0 Å². The van der Waals surface area contributed by atoms with Crippen LogP contribution in [-0.4, -0.2) is 47.1 Å². The fraction of sp³-hybridized carbons (Fsp3) is 0.226. The molecule has 0 spiro atoms. The Kier molecular flexibility index (Phi) is 9.09. The minimum atomic E-state index is -5.03. The number of nitrogens with zero attached hydrogens (tertiary/aromatic N) is 5. The number of benzene rings is 3. The molecule has 17 heteroatoms. The van der Waals surface area contributed by atoms with E-state index in [0.29, 0.717) is 45.9 Å². The van der Waals surface area contributed by atoms with Crippen molar-refractivity contribution in [2.24, 2.45) is 7.05 Å². The van der Waals surface area contributed by atoms with Gasteiger partial charge in [-0.2, -0.15) is 31.3 Å². The van der Waals surface area contributed by atoms with E-state index in [9.17, 15) is 39.6 Å². The summed E-state index contributed by atoms with van der Waals surface area (Å²) in [5, 5.41) is 5.54. The van der Waals surface area contributed by atoms with Crippen molar-refractivity contribution < 1.29 is 39.6 Å². The van der Waals surface area contributed by atoms with Crippen LogP contribution in [0.4, 0.5) is 55.4 Å². The molecule has 0 aliphatic carbocycles. The molecule has 2 aromatic heterocycles. The third kappa shape index (κ3) is 8.20. The topological polar surface area (TPSA) is 122 Å². The Balaban J connectivity index is 1.31. The van der Waals surface area contributed by atoms with Gasteiger partial charge in [0.15, 0.2) is 9.84 Å². The number of halogens is 6. The Hall–Kier alpha value is -5.19. The van der Waals surface area contributed by atoms with Gasteiger partial charge in [0.25, 0.3) is 0 Å². The predicted octanol–water partition coefficient (Wildman–Crippen LogP) is 6.64. The Bertz CT molecular complexity index is 2060.